The van der Waals surface area contributed by atoms with Gasteiger partial charge in [-0.05, 0) is 63.4 Å². The SMILES string of the molecule is Cc1nc(CN2CCC(C(=O)NCC3(c4ccc(F)cc4)CCOCC3)CC2)cs1. The van der Waals surface area contributed by atoms with Crippen LogP contribution in [-0.4, -0.2) is 48.6 Å². The van der Waals surface area contributed by atoms with Crippen LogP contribution >= 0.6 is 11.3 Å². The Balaban J connectivity index is 1.31. The zero-order valence-electron chi connectivity index (χ0n) is 17.5. The fourth-order valence-electron chi connectivity index (χ4n) is 4.60. The maximum Gasteiger partial charge on any atom is 0.223 e. The first kappa shape index (κ1) is 21.4. The zero-order chi connectivity index (χ0) is 21.0. The van der Waals surface area contributed by atoms with E-state index in [0.717, 1.165) is 61.6 Å². The van der Waals surface area contributed by atoms with Crippen LogP contribution in [0.4, 0.5) is 4.39 Å². The Hall–Kier alpha value is -1.83. The van der Waals surface area contributed by atoms with Crippen LogP contribution in [0.5, 0.6) is 0 Å². The molecule has 1 amide bonds. The highest BCUT2D eigenvalue weighted by molar-refractivity contribution is 7.09. The monoisotopic (exact) mass is 431 g/mol. The molecule has 2 fully saturated rings. The number of thiazole rings is 1. The lowest BCUT2D eigenvalue weighted by molar-refractivity contribution is -0.127. The first-order chi connectivity index (χ1) is 14.5. The smallest absolute Gasteiger partial charge is 0.223 e. The quantitative estimate of drug-likeness (QED) is 0.758. The molecule has 3 heterocycles. The number of halogens is 1. The standard InChI is InChI=1S/C23H30FN3O2S/c1-17-26-21(15-30-17)14-27-10-6-18(7-11-27)22(28)25-16-23(8-12-29-13-9-23)19-2-4-20(24)5-3-19/h2-5,15,18H,6-14,16H2,1H3,(H,25,28). The molecule has 5 nitrogen and oxygen atoms in total. The Morgan fingerprint density at radius 3 is 2.60 bits per heavy atom. The van der Waals surface area contributed by atoms with Crippen molar-refractivity contribution in [3.05, 3.63) is 51.7 Å². The van der Waals surface area contributed by atoms with Crippen molar-refractivity contribution in [3.63, 3.8) is 0 Å². The molecule has 1 aromatic carbocycles. The summed E-state index contributed by atoms with van der Waals surface area (Å²) in [6.45, 7) is 6.66. The van der Waals surface area contributed by atoms with Crippen molar-refractivity contribution in [1.82, 2.24) is 15.2 Å². The van der Waals surface area contributed by atoms with Gasteiger partial charge in [-0.3, -0.25) is 9.69 Å². The highest BCUT2D eigenvalue weighted by Gasteiger charge is 2.36. The number of aryl methyl sites for hydroxylation is 1. The molecule has 2 saturated heterocycles. The third-order valence-corrected chi connectivity index (χ3v) is 7.34. The number of carbonyl (C=O) groups excluding carboxylic acids is 1. The van der Waals surface area contributed by atoms with E-state index in [1.165, 1.54) is 12.1 Å². The van der Waals surface area contributed by atoms with Gasteiger partial charge in [-0.1, -0.05) is 12.1 Å². The van der Waals surface area contributed by atoms with Gasteiger partial charge in [0, 0.05) is 43.0 Å². The predicted octanol–water partition coefficient (Wildman–Crippen LogP) is 3.67. The van der Waals surface area contributed by atoms with Gasteiger partial charge < -0.3 is 10.1 Å². The zero-order valence-corrected chi connectivity index (χ0v) is 18.3. The van der Waals surface area contributed by atoms with E-state index < -0.39 is 0 Å². The summed E-state index contributed by atoms with van der Waals surface area (Å²) in [6, 6.07) is 6.72. The first-order valence-corrected chi connectivity index (χ1v) is 11.7. The molecule has 0 unspecified atom stereocenters. The number of nitrogens with zero attached hydrogens (tertiary/aromatic N) is 2. The van der Waals surface area contributed by atoms with Crippen molar-refractivity contribution in [2.45, 2.75) is 44.6 Å². The second-order valence-corrected chi connectivity index (χ2v) is 9.59. The van der Waals surface area contributed by atoms with Gasteiger partial charge in [0.1, 0.15) is 5.82 Å². The van der Waals surface area contributed by atoms with Crippen molar-refractivity contribution in [3.8, 4) is 0 Å². The van der Waals surface area contributed by atoms with Crippen molar-refractivity contribution >= 4 is 17.2 Å². The average molecular weight is 432 g/mol. The van der Waals surface area contributed by atoms with Gasteiger partial charge in [-0.25, -0.2) is 9.37 Å². The van der Waals surface area contributed by atoms with E-state index in [0.29, 0.717) is 19.8 Å². The van der Waals surface area contributed by atoms with Crippen molar-refractivity contribution in [2.24, 2.45) is 5.92 Å². The summed E-state index contributed by atoms with van der Waals surface area (Å²) in [7, 11) is 0. The molecule has 1 aromatic heterocycles. The first-order valence-electron chi connectivity index (χ1n) is 10.8. The third-order valence-electron chi connectivity index (χ3n) is 6.52. The van der Waals surface area contributed by atoms with Gasteiger partial charge in [0.2, 0.25) is 5.91 Å². The van der Waals surface area contributed by atoms with E-state index in [1.54, 1.807) is 11.3 Å². The summed E-state index contributed by atoms with van der Waals surface area (Å²) >= 11 is 1.69. The predicted molar refractivity (Wildman–Crippen MR) is 116 cm³/mol. The van der Waals surface area contributed by atoms with Gasteiger partial charge in [0.05, 0.1) is 10.7 Å². The van der Waals surface area contributed by atoms with E-state index in [1.807, 2.05) is 19.1 Å². The normalized spacial score (nSPS) is 20.2. The van der Waals surface area contributed by atoms with Crippen LogP contribution < -0.4 is 5.32 Å². The van der Waals surface area contributed by atoms with E-state index in [2.05, 4.69) is 20.6 Å². The van der Waals surface area contributed by atoms with Crippen LogP contribution in [0.3, 0.4) is 0 Å². The number of nitrogens with one attached hydrogen (secondary N) is 1. The number of hydrogen-bond donors (Lipinski definition) is 1. The molecular formula is C23H30FN3O2S. The molecule has 0 atom stereocenters. The number of rotatable bonds is 6. The fourth-order valence-corrected chi connectivity index (χ4v) is 5.20. The van der Waals surface area contributed by atoms with E-state index in [9.17, 15) is 9.18 Å². The number of hydrogen-bond acceptors (Lipinski definition) is 5. The number of amides is 1. The van der Waals surface area contributed by atoms with Gasteiger partial charge in [-0.2, -0.15) is 0 Å². The Bertz CT molecular complexity index is 840. The van der Waals surface area contributed by atoms with Crippen LogP contribution in [0, 0.1) is 18.7 Å². The molecule has 2 aliphatic rings. The highest BCUT2D eigenvalue weighted by atomic mass is 32.1. The fraction of sp³-hybridized carbons (Fsp3) is 0.565. The Kier molecular flexibility index (Phi) is 6.80. The summed E-state index contributed by atoms with van der Waals surface area (Å²) in [5.74, 6) is -0.0276. The topological polar surface area (TPSA) is 54.5 Å². The lowest BCUT2D eigenvalue weighted by Crippen LogP contribution is -2.47. The van der Waals surface area contributed by atoms with Crippen LogP contribution in [0.15, 0.2) is 29.6 Å². The maximum atomic E-state index is 13.4. The number of ether oxygens (including phenoxy) is 1. The number of carbonyl (C=O) groups is 1. The maximum absolute atomic E-state index is 13.4. The molecule has 0 saturated carbocycles. The van der Waals surface area contributed by atoms with E-state index >= 15 is 0 Å². The largest absolute Gasteiger partial charge is 0.381 e. The van der Waals surface area contributed by atoms with E-state index in [4.69, 9.17) is 4.74 Å². The highest BCUT2D eigenvalue weighted by Crippen LogP contribution is 2.34. The summed E-state index contributed by atoms with van der Waals surface area (Å²) < 4.78 is 19.0. The van der Waals surface area contributed by atoms with Crippen molar-refractivity contribution < 1.29 is 13.9 Å². The van der Waals surface area contributed by atoms with Gasteiger partial charge >= 0.3 is 0 Å². The molecule has 30 heavy (non-hydrogen) atoms. The lowest BCUT2D eigenvalue weighted by atomic mass is 9.74. The molecule has 162 valence electrons. The van der Waals surface area contributed by atoms with Crippen LogP contribution in [-0.2, 0) is 21.5 Å². The number of likely N-dealkylation sites (tertiary alicyclic amines) is 1. The minimum atomic E-state index is -0.232. The number of benzene rings is 1. The molecule has 0 radical (unpaired) electrons. The van der Waals surface area contributed by atoms with E-state index in [-0.39, 0.29) is 23.1 Å². The molecule has 1 N–H and O–H groups in total. The lowest BCUT2D eigenvalue weighted by Gasteiger charge is -2.38. The molecule has 2 aliphatic heterocycles. The molecule has 0 spiro atoms. The summed E-state index contributed by atoms with van der Waals surface area (Å²) in [6.07, 6.45) is 3.43. The summed E-state index contributed by atoms with van der Waals surface area (Å²) in [5.41, 5.74) is 2.03. The van der Waals surface area contributed by atoms with Gasteiger partial charge in [0.25, 0.3) is 0 Å². The van der Waals surface area contributed by atoms with Crippen molar-refractivity contribution in [1.29, 1.82) is 0 Å². The second kappa shape index (κ2) is 9.54. The molecule has 0 aliphatic carbocycles. The average Bonchev–Trinajstić information content (AvgIpc) is 3.18. The Morgan fingerprint density at radius 2 is 1.97 bits per heavy atom. The molecular weight excluding hydrogens is 401 g/mol. The number of aromatic nitrogens is 1. The van der Waals surface area contributed by atoms with Crippen LogP contribution in [0.2, 0.25) is 0 Å². The summed E-state index contributed by atoms with van der Waals surface area (Å²) in [4.78, 5) is 19.8. The minimum Gasteiger partial charge on any atom is -0.381 e. The second-order valence-electron chi connectivity index (χ2n) is 8.53. The van der Waals surface area contributed by atoms with Crippen LogP contribution in [0.25, 0.3) is 0 Å². The molecule has 2 aromatic rings. The molecule has 7 heteroatoms. The summed E-state index contributed by atoms with van der Waals surface area (Å²) in [5, 5.41) is 6.45. The minimum absolute atomic E-state index is 0.0588. The Morgan fingerprint density at radius 1 is 1.27 bits per heavy atom. The van der Waals surface area contributed by atoms with Gasteiger partial charge in [0.15, 0.2) is 0 Å². The third kappa shape index (κ3) is 5.07. The molecule has 0 bridgehead atoms. The van der Waals surface area contributed by atoms with Gasteiger partial charge in [-0.15, -0.1) is 11.3 Å². The van der Waals surface area contributed by atoms with Crippen molar-refractivity contribution in [2.75, 3.05) is 32.8 Å². The number of piperidine rings is 1. The molecule has 4 rings (SSSR count). The van der Waals surface area contributed by atoms with Crippen LogP contribution in [0.1, 0.15) is 41.9 Å². The Labute approximate surface area is 181 Å².